The first-order chi connectivity index (χ1) is 10.4. The Morgan fingerprint density at radius 2 is 2.00 bits per heavy atom. The lowest BCUT2D eigenvalue weighted by atomic mass is 10.1. The zero-order valence-corrected chi connectivity index (χ0v) is 14.6. The van der Waals surface area contributed by atoms with Gasteiger partial charge in [0.1, 0.15) is 5.82 Å². The molecule has 0 saturated heterocycles. The zero-order chi connectivity index (χ0) is 16.3. The highest BCUT2D eigenvalue weighted by Crippen LogP contribution is 2.20. The Morgan fingerprint density at radius 1 is 1.27 bits per heavy atom. The lowest BCUT2D eigenvalue weighted by Gasteiger charge is -2.11. The molecule has 0 aromatic heterocycles. The van der Waals surface area contributed by atoms with Crippen LogP contribution in [-0.2, 0) is 0 Å². The molecular weight excluding hydrogens is 391 g/mol. The van der Waals surface area contributed by atoms with Crippen LogP contribution in [0.3, 0.4) is 0 Å². The molecule has 2 rings (SSSR count). The van der Waals surface area contributed by atoms with Crippen LogP contribution in [0.1, 0.15) is 15.9 Å². The maximum absolute atomic E-state index is 13.7. The molecule has 0 aliphatic rings. The van der Waals surface area contributed by atoms with Crippen molar-refractivity contribution in [1.29, 1.82) is 0 Å². The fraction of sp³-hybridized carbons (Fsp3) is 0.0667. The number of hydrogen-bond donors (Lipinski definition) is 2. The van der Waals surface area contributed by atoms with Gasteiger partial charge in [0, 0.05) is 4.47 Å². The summed E-state index contributed by atoms with van der Waals surface area (Å²) in [5.41, 5.74) is 1.41. The van der Waals surface area contributed by atoms with Gasteiger partial charge in [0.05, 0.1) is 16.3 Å². The third kappa shape index (κ3) is 4.25. The highest BCUT2D eigenvalue weighted by atomic mass is 79.9. The summed E-state index contributed by atoms with van der Waals surface area (Å²) in [6.07, 6.45) is 0. The van der Waals surface area contributed by atoms with Gasteiger partial charge in [-0.15, -0.1) is 0 Å². The van der Waals surface area contributed by atoms with Crippen molar-refractivity contribution >= 4 is 56.5 Å². The van der Waals surface area contributed by atoms with Crippen LogP contribution in [0.4, 0.5) is 10.1 Å². The number of carbonyl (C=O) groups is 1. The number of thiocarbonyl (C=S) groups is 1. The molecule has 3 nitrogen and oxygen atoms in total. The molecule has 0 heterocycles. The van der Waals surface area contributed by atoms with Crippen molar-refractivity contribution < 1.29 is 9.18 Å². The minimum atomic E-state index is -0.487. The molecule has 2 aromatic rings. The van der Waals surface area contributed by atoms with Crippen molar-refractivity contribution in [3.63, 3.8) is 0 Å². The summed E-state index contributed by atoms with van der Waals surface area (Å²) in [4.78, 5) is 12.1. The molecular formula is C15H11BrClFN2OS. The number of rotatable bonds is 2. The third-order valence-corrected chi connectivity index (χ3v) is 3.79. The third-order valence-electron chi connectivity index (χ3n) is 2.78. The standard InChI is InChI=1S/C15H11BrClFN2OS/c1-8-2-4-10(11(17)6-8)14(21)20-15(22)19-13-5-3-9(16)7-12(13)18/h2-7H,1H3,(H2,19,20,21,22). The molecule has 0 bridgehead atoms. The van der Waals surface area contributed by atoms with E-state index < -0.39 is 11.7 Å². The molecule has 0 saturated carbocycles. The van der Waals surface area contributed by atoms with Gasteiger partial charge in [-0.1, -0.05) is 33.6 Å². The molecule has 22 heavy (non-hydrogen) atoms. The second-order valence-corrected chi connectivity index (χ2v) is 6.25. The molecule has 2 N–H and O–H groups in total. The molecule has 0 unspecified atom stereocenters. The summed E-state index contributed by atoms with van der Waals surface area (Å²) in [5.74, 6) is -0.945. The number of hydrogen-bond acceptors (Lipinski definition) is 2. The number of benzene rings is 2. The smallest absolute Gasteiger partial charge is 0.258 e. The van der Waals surface area contributed by atoms with E-state index in [-0.39, 0.29) is 10.8 Å². The van der Waals surface area contributed by atoms with Crippen LogP contribution in [0.15, 0.2) is 40.9 Å². The van der Waals surface area contributed by atoms with Gasteiger partial charge in [0.15, 0.2) is 5.11 Å². The molecule has 7 heteroatoms. The Balaban J connectivity index is 2.06. The summed E-state index contributed by atoms with van der Waals surface area (Å²) in [7, 11) is 0. The first kappa shape index (κ1) is 16.9. The molecule has 0 radical (unpaired) electrons. The van der Waals surface area contributed by atoms with E-state index in [1.807, 2.05) is 6.92 Å². The first-order valence-corrected chi connectivity index (χ1v) is 7.78. The van der Waals surface area contributed by atoms with Crippen molar-refractivity contribution in [2.75, 3.05) is 5.32 Å². The average Bonchev–Trinajstić information content (AvgIpc) is 2.41. The molecule has 114 valence electrons. The van der Waals surface area contributed by atoms with Crippen LogP contribution < -0.4 is 10.6 Å². The summed E-state index contributed by atoms with van der Waals surface area (Å²) in [5, 5.41) is 5.41. The second kappa shape index (κ2) is 7.17. The fourth-order valence-electron chi connectivity index (χ4n) is 1.72. The van der Waals surface area contributed by atoms with E-state index in [0.29, 0.717) is 15.1 Å². The van der Waals surface area contributed by atoms with Gasteiger partial charge >= 0.3 is 0 Å². The number of aryl methyl sites for hydroxylation is 1. The van der Waals surface area contributed by atoms with Gasteiger partial charge in [-0.05, 0) is 55.0 Å². The molecule has 2 aromatic carbocycles. The summed E-state index contributed by atoms with van der Waals surface area (Å²) in [6, 6.07) is 9.52. The quantitative estimate of drug-likeness (QED) is 0.718. The van der Waals surface area contributed by atoms with E-state index in [1.54, 1.807) is 24.3 Å². The first-order valence-electron chi connectivity index (χ1n) is 6.20. The lowest BCUT2D eigenvalue weighted by molar-refractivity contribution is 0.0978. The Hall–Kier alpha value is -1.50. The minimum absolute atomic E-state index is 0.0112. The van der Waals surface area contributed by atoms with Gasteiger partial charge < -0.3 is 5.32 Å². The Morgan fingerprint density at radius 3 is 2.64 bits per heavy atom. The number of carbonyl (C=O) groups excluding carboxylic acids is 1. The Kier molecular flexibility index (Phi) is 5.50. The van der Waals surface area contributed by atoms with E-state index in [2.05, 4.69) is 26.6 Å². The van der Waals surface area contributed by atoms with Gasteiger partial charge in [-0.3, -0.25) is 10.1 Å². The molecule has 1 amide bonds. The maximum Gasteiger partial charge on any atom is 0.258 e. The van der Waals surface area contributed by atoms with Gasteiger partial charge in [-0.2, -0.15) is 0 Å². The predicted octanol–water partition coefficient (Wildman–Crippen LogP) is 4.68. The number of anilines is 1. The highest BCUT2D eigenvalue weighted by molar-refractivity contribution is 9.10. The van der Waals surface area contributed by atoms with Crippen LogP contribution in [0.25, 0.3) is 0 Å². The van der Waals surface area contributed by atoms with Crippen molar-refractivity contribution in [3.05, 3.63) is 62.8 Å². The van der Waals surface area contributed by atoms with Crippen LogP contribution in [-0.4, -0.2) is 11.0 Å². The van der Waals surface area contributed by atoms with Crippen molar-refractivity contribution in [2.24, 2.45) is 0 Å². The Labute approximate surface area is 146 Å². The van der Waals surface area contributed by atoms with Gasteiger partial charge in [0.2, 0.25) is 0 Å². The average molecular weight is 402 g/mol. The van der Waals surface area contributed by atoms with E-state index in [1.165, 1.54) is 12.1 Å². The number of halogens is 3. The van der Waals surface area contributed by atoms with E-state index >= 15 is 0 Å². The molecule has 0 atom stereocenters. The van der Waals surface area contributed by atoms with Crippen LogP contribution in [0.5, 0.6) is 0 Å². The van der Waals surface area contributed by atoms with E-state index in [0.717, 1.165) is 5.56 Å². The summed E-state index contributed by atoms with van der Waals surface area (Å²) >= 11 is 14.2. The second-order valence-electron chi connectivity index (χ2n) is 4.52. The van der Waals surface area contributed by atoms with Crippen molar-refractivity contribution in [3.8, 4) is 0 Å². The molecule has 0 aliphatic heterocycles. The van der Waals surface area contributed by atoms with Crippen LogP contribution in [0, 0.1) is 12.7 Å². The van der Waals surface area contributed by atoms with Crippen molar-refractivity contribution in [1.82, 2.24) is 5.32 Å². The Bertz CT molecular complexity index is 754. The summed E-state index contributed by atoms with van der Waals surface area (Å²) < 4.78 is 14.3. The minimum Gasteiger partial charge on any atom is -0.330 e. The van der Waals surface area contributed by atoms with Gasteiger partial charge in [-0.25, -0.2) is 4.39 Å². The molecule has 0 spiro atoms. The van der Waals surface area contributed by atoms with E-state index in [4.69, 9.17) is 23.8 Å². The number of amides is 1. The van der Waals surface area contributed by atoms with Crippen LogP contribution >= 0.6 is 39.7 Å². The zero-order valence-electron chi connectivity index (χ0n) is 11.4. The largest absolute Gasteiger partial charge is 0.330 e. The SMILES string of the molecule is Cc1ccc(C(=O)NC(=S)Nc2ccc(Br)cc2F)c(Cl)c1. The predicted molar refractivity (Wildman–Crippen MR) is 94.0 cm³/mol. The maximum atomic E-state index is 13.7. The normalized spacial score (nSPS) is 10.2. The summed E-state index contributed by atoms with van der Waals surface area (Å²) in [6.45, 7) is 1.87. The van der Waals surface area contributed by atoms with Crippen molar-refractivity contribution in [2.45, 2.75) is 6.92 Å². The van der Waals surface area contributed by atoms with E-state index in [9.17, 15) is 9.18 Å². The molecule has 0 aliphatic carbocycles. The topological polar surface area (TPSA) is 41.1 Å². The number of nitrogens with one attached hydrogen (secondary N) is 2. The highest BCUT2D eigenvalue weighted by Gasteiger charge is 2.13. The monoisotopic (exact) mass is 400 g/mol. The van der Waals surface area contributed by atoms with Gasteiger partial charge in [0.25, 0.3) is 5.91 Å². The van der Waals surface area contributed by atoms with Crippen LogP contribution in [0.2, 0.25) is 5.02 Å². The molecule has 0 fully saturated rings. The lowest BCUT2D eigenvalue weighted by Crippen LogP contribution is -2.34. The fourth-order valence-corrected chi connectivity index (χ4v) is 2.58.